The molecule has 1 aliphatic carbocycles. The van der Waals surface area contributed by atoms with Gasteiger partial charge >= 0.3 is 0 Å². The van der Waals surface area contributed by atoms with E-state index in [9.17, 15) is 4.79 Å². The van der Waals surface area contributed by atoms with Crippen molar-refractivity contribution in [3.8, 4) is 17.4 Å². The fraction of sp³-hybridized carbons (Fsp3) is 0.368. The number of nitrogens with zero attached hydrogens (tertiary/aromatic N) is 2. The van der Waals surface area contributed by atoms with Crippen molar-refractivity contribution in [3.05, 3.63) is 41.6 Å². The molecule has 4 rings (SSSR count). The van der Waals surface area contributed by atoms with E-state index in [4.69, 9.17) is 19.9 Å². The van der Waals surface area contributed by atoms with Gasteiger partial charge in [-0.2, -0.15) is 0 Å². The Balaban J connectivity index is 1.71. The summed E-state index contributed by atoms with van der Waals surface area (Å²) in [6.45, 7) is 0.852. The summed E-state index contributed by atoms with van der Waals surface area (Å²) in [5, 5.41) is 0. The lowest BCUT2D eigenvalue weighted by Crippen LogP contribution is -2.43. The summed E-state index contributed by atoms with van der Waals surface area (Å²) in [7, 11) is 3.22. The van der Waals surface area contributed by atoms with Crippen LogP contribution in [0.15, 0.2) is 30.5 Å². The molecular formula is C19H21N3O4. The van der Waals surface area contributed by atoms with Crippen LogP contribution in [0, 0.1) is 0 Å². The molecule has 2 N–H and O–H groups in total. The Morgan fingerprint density at radius 2 is 2.08 bits per heavy atom. The highest BCUT2D eigenvalue weighted by Gasteiger charge is 2.53. The third-order valence-electron chi connectivity index (χ3n) is 5.05. The number of methoxy groups -OCH3 is 2. The third-order valence-corrected chi connectivity index (χ3v) is 5.05. The highest BCUT2D eigenvalue weighted by molar-refractivity contribution is 5.98. The van der Waals surface area contributed by atoms with Gasteiger partial charge in [0.25, 0.3) is 5.91 Å². The Labute approximate surface area is 151 Å². The summed E-state index contributed by atoms with van der Waals surface area (Å²) in [5.74, 6) is 1.62. The Hall–Kier alpha value is -2.96. The average molecular weight is 355 g/mol. The monoisotopic (exact) mass is 355 g/mol. The Bertz CT molecular complexity index is 864. The molecule has 7 nitrogen and oxygen atoms in total. The first-order chi connectivity index (χ1) is 12.6. The van der Waals surface area contributed by atoms with E-state index in [1.165, 1.54) is 6.20 Å². The van der Waals surface area contributed by atoms with Gasteiger partial charge in [-0.15, -0.1) is 0 Å². The zero-order valence-corrected chi connectivity index (χ0v) is 14.8. The second-order valence-electron chi connectivity index (χ2n) is 6.70. The molecule has 7 heteroatoms. The number of anilines is 1. The number of aromatic nitrogens is 1. The van der Waals surface area contributed by atoms with Crippen molar-refractivity contribution in [1.29, 1.82) is 0 Å². The maximum absolute atomic E-state index is 13.3. The highest BCUT2D eigenvalue weighted by atomic mass is 16.5. The van der Waals surface area contributed by atoms with E-state index in [2.05, 4.69) is 4.98 Å². The molecule has 0 bridgehead atoms. The molecule has 136 valence electrons. The molecule has 1 saturated carbocycles. The average Bonchev–Trinajstić information content (AvgIpc) is 3.46. The minimum Gasteiger partial charge on any atom is -0.497 e. The van der Waals surface area contributed by atoms with Crippen LogP contribution in [-0.4, -0.2) is 42.2 Å². The second kappa shape index (κ2) is 6.09. The molecule has 2 aliphatic rings. The van der Waals surface area contributed by atoms with Gasteiger partial charge in [0.2, 0.25) is 5.88 Å². The number of nitrogens with two attached hydrogens (primary N) is 1. The van der Waals surface area contributed by atoms with Crippen molar-refractivity contribution in [3.63, 3.8) is 0 Å². The normalized spacial score (nSPS) is 17.3. The van der Waals surface area contributed by atoms with Gasteiger partial charge in [-0.25, -0.2) is 4.98 Å². The largest absolute Gasteiger partial charge is 0.497 e. The Kier molecular flexibility index (Phi) is 3.86. The van der Waals surface area contributed by atoms with Gasteiger partial charge in [0.05, 0.1) is 38.2 Å². The lowest BCUT2D eigenvalue weighted by molar-refractivity contribution is 0.0591. The number of fused-ring (bicyclic) bond motifs is 1. The molecular weight excluding hydrogens is 334 g/mol. The first-order valence-electron chi connectivity index (χ1n) is 8.47. The van der Waals surface area contributed by atoms with Crippen molar-refractivity contribution in [1.82, 2.24) is 9.88 Å². The molecule has 1 aromatic carbocycles. The van der Waals surface area contributed by atoms with Gasteiger partial charge in [0.15, 0.2) is 0 Å². The molecule has 26 heavy (non-hydrogen) atoms. The number of carbonyl (C=O) groups is 1. The van der Waals surface area contributed by atoms with Gasteiger partial charge in [-0.05, 0) is 31.0 Å². The van der Waals surface area contributed by atoms with Crippen LogP contribution in [0.4, 0.5) is 5.69 Å². The first kappa shape index (κ1) is 16.5. The molecule has 0 radical (unpaired) electrons. The number of benzene rings is 1. The summed E-state index contributed by atoms with van der Waals surface area (Å²) in [6, 6.07) is 7.24. The van der Waals surface area contributed by atoms with Crippen LogP contribution in [0.25, 0.3) is 0 Å². The Morgan fingerprint density at radius 1 is 1.27 bits per heavy atom. The number of rotatable bonds is 4. The summed E-state index contributed by atoms with van der Waals surface area (Å²) in [6.07, 6.45) is 3.31. The van der Waals surface area contributed by atoms with E-state index in [-0.39, 0.29) is 11.4 Å². The lowest BCUT2D eigenvalue weighted by Gasteiger charge is -2.30. The molecule has 1 aliphatic heterocycles. The minimum absolute atomic E-state index is 0.118. The quantitative estimate of drug-likeness (QED) is 0.905. The van der Waals surface area contributed by atoms with E-state index in [0.717, 1.165) is 18.4 Å². The highest BCUT2D eigenvalue weighted by Crippen LogP contribution is 2.46. The van der Waals surface area contributed by atoms with E-state index in [1.807, 2.05) is 23.1 Å². The van der Waals surface area contributed by atoms with Crippen LogP contribution in [0.5, 0.6) is 17.4 Å². The second-order valence-corrected chi connectivity index (χ2v) is 6.70. The van der Waals surface area contributed by atoms with Crippen molar-refractivity contribution in [2.45, 2.75) is 24.9 Å². The maximum atomic E-state index is 13.3. The smallest absolute Gasteiger partial charge is 0.260 e. The molecule has 2 heterocycles. The first-order valence-corrected chi connectivity index (χ1v) is 8.47. The molecule has 0 saturated heterocycles. The lowest BCUT2D eigenvalue weighted by atomic mass is 10.1. The molecule has 0 unspecified atom stereocenters. The van der Waals surface area contributed by atoms with E-state index in [1.54, 1.807) is 20.3 Å². The van der Waals surface area contributed by atoms with E-state index >= 15 is 0 Å². The minimum atomic E-state index is -0.294. The van der Waals surface area contributed by atoms with Crippen LogP contribution in [0.2, 0.25) is 0 Å². The summed E-state index contributed by atoms with van der Waals surface area (Å²) in [4.78, 5) is 19.3. The predicted molar refractivity (Wildman–Crippen MR) is 95.5 cm³/mol. The van der Waals surface area contributed by atoms with Crippen molar-refractivity contribution < 1.29 is 19.0 Å². The van der Waals surface area contributed by atoms with Crippen LogP contribution in [-0.2, 0) is 6.54 Å². The standard InChI is InChI=1S/C19H21N3O4/c1-24-14-4-3-12(16(8-14)25-2)10-22-18(23)15-7-13(20)9-21-17(15)26-11-19(22)5-6-19/h3-4,7-9H,5-6,10-11,20H2,1-2H3. The van der Waals surface area contributed by atoms with Crippen LogP contribution >= 0.6 is 0 Å². The number of ether oxygens (including phenoxy) is 3. The summed E-state index contributed by atoms with van der Waals surface area (Å²) >= 11 is 0. The molecule has 2 aromatic rings. The topological polar surface area (TPSA) is 86.9 Å². The van der Waals surface area contributed by atoms with E-state index in [0.29, 0.717) is 41.8 Å². The molecule has 1 aromatic heterocycles. The molecule has 1 spiro atoms. The zero-order valence-electron chi connectivity index (χ0n) is 14.8. The van der Waals surface area contributed by atoms with E-state index < -0.39 is 0 Å². The van der Waals surface area contributed by atoms with Gasteiger partial charge in [-0.3, -0.25) is 4.79 Å². The number of nitrogen functional groups attached to an aromatic ring is 1. The van der Waals surface area contributed by atoms with Crippen molar-refractivity contribution in [2.24, 2.45) is 0 Å². The number of carbonyl (C=O) groups excluding carboxylic acids is 1. The van der Waals surface area contributed by atoms with Crippen LogP contribution in [0.1, 0.15) is 28.8 Å². The summed E-state index contributed by atoms with van der Waals surface area (Å²) in [5.41, 5.74) is 7.29. The Morgan fingerprint density at radius 3 is 2.77 bits per heavy atom. The maximum Gasteiger partial charge on any atom is 0.260 e. The predicted octanol–water partition coefficient (Wildman–Crippen LogP) is 2.25. The fourth-order valence-electron chi connectivity index (χ4n) is 3.33. The van der Waals surface area contributed by atoms with Gasteiger partial charge < -0.3 is 24.8 Å². The van der Waals surface area contributed by atoms with Gasteiger partial charge in [0.1, 0.15) is 23.7 Å². The van der Waals surface area contributed by atoms with Crippen molar-refractivity contribution in [2.75, 3.05) is 26.6 Å². The third kappa shape index (κ3) is 2.69. The number of hydrogen-bond donors (Lipinski definition) is 1. The molecule has 1 amide bonds. The van der Waals surface area contributed by atoms with Gasteiger partial charge in [-0.1, -0.05) is 0 Å². The zero-order chi connectivity index (χ0) is 18.3. The molecule has 1 fully saturated rings. The number of pyridine rings is 1. The van der Waals surface area contributed by atoms with Crippen LogP contribution < -0.4 is 19.9 Å². The van der Waals surface area contributed by atoms with Crippen LogP contribution in [0.3, 0.4) is 0 Å². The number of hydrogen-bond acceptors (Lipinski definition) is 6. The number of amides is 1. The fourth-order valence-corrected chi connectivity index (χ4v) is 3.33. The summed E-state index contributed by atoms with van der Waals surface area (Å²) < 4.78 is 16.6. The van der Waals surface area contributed by atoms with Gasteiger partial charge in [0, 0.05) is 11.6 Å². The SMILES string of the molecule is COc1ccc(CN2C(=O)c3cc(N)cnc3OCC23CC3)c(OC)c1. The van der Waals surface area contributed by atoms with Crippen molar-refractivity contribution >= 4 is 11.6 Å². The molecule has 0 atom stereocenters.